The topological polar surface area (TPSA) is 49.8 Å². The summed E-state index contributed by atoms with van der Waals surface area (Å²) >= 11 is 0. The molecule has 2 bridgehead atoms. The molecule has 14 heavy (non-hydrogen) atoms. The van der Waals surface area contributed by atoms with Gasteiger partial charge in [0, 0.05) is 30.7 Å². The first-order chi connectivity index (χ1) is 6.79. The monoisotopic (exact) mass is 193 g/mol. The van der Waals surface area contributed by atoms with Gasteiger partial charge in [-0.25, -0.2) is 0 Å². The Bertz CT molecular complexity index is 417. The summed E-state index contributed by atoms with van der Waals surface area (Å²) in [6.45, 7) is 2.73. The Hall–Kier alpha value is -1.03. The lowest BCUT2D eigenvalue weighted by atomic mass is 10.0. The van der Waals surface area contributed by atoms with Crippen LogP contribution in [0.15, 0.2) is 4.79 Å². The van der Waals surface area contributed by atoms with E-state index in [0.717, 1.165) is 24.9 Å². The SMILES string of the molecule is CCn1[nH]c2c(c1=O)C1CCC(C2)N1. The average Bonchev–Trinajstić information content (AvgIpc) is 2.70. The van der Waals surface area contributed by atoms with E-state index in [1.165, 1.54) is 12.1 Å². The van der Waals surface area contributed by atoms with E-state index >= 15 is 0 Å². The maximum Gasteiger partial charge on any atom is 0.271 e. The Labute approximate surface area is 82.3 Å². The second-order valence-corrected chi connectivity index (χ2v) is 4.25. The minimum Gasteiger partial charge on any atom is -0.307 e. The van der Waals surface area contributed by atoms with Crippen LogP contribution in [0.4, 0.5) is 0 Å². The lowest BCUT2D eigenvalue weighted by Crippen LogP contribution is -2.34. The summed E-state index contributed by atoms with van der Waals surface area (Å²) in [5.74, 6) is 0. The fourth-order valence-corrected chi connectivity index (χ4v) is 2.74. The van der Waals surface area contributed by atoms with Gasteiger partial charge in [-0.1, -0.05) is 0 Å². The molecule has 2 N–H and O–H groups in total. The van der Waals surface area contributed by atoms with Crippen molar-refractivity contribution in [1.29, 1.82) is 0 Å². The minimum atomic E-state index is 0.181. The van der Waals surface area contributed by atoms with Gasteiger partial charge in [-0.3, -0.25) is 14.6 Å². The van der Waals surface area contributed by atoms with Gasteiger partial charge in [0.2, 0.25) is 0 Å². The Morgan fingerprint density at radius 1 is 1.50 bits per heavy atom. The summed E-state index contributed by atoms with van der Waals surface area (Å²) in [6.07, 6.45) is 3.32. The lowest BCUT2D eigenvalue weighted by molar-refractivity contribution is 0.508. The quantitative estimate of drug-likeness (QED) is 0.684. The number of aromatic nitrogens is 2. The molecule has 76 valence electrons. The lowest BCUT2D eigenvalue weighted by Gasteiger charge is -2.19. The van der Waals surface area contributed by atoms with E-state index in [-0.39, 0.29) is 5.56 Å². The Balaban J connectivity index is 2.16. The Morgan fingerprint density at radius 3 is 3.14 bits per heavy atom. The second kappa shape index (κ2) is 2.73. The van der Waals surface area contributed by atoms with E-state index in [9.17, 15) is 4.79 Å². The molecular formula is C10H15N3O. The van der Waals surface area contributed by atoms with E-state index in [1.807, 2.05) is 6.92 Å². The molecular weight excluding hydrogens is 178 g/mol. The van der Waals surface area contributed by atoms with Crippen molar-refractivity contribution in [2.75, 3.05) is 0 Å². The van der Waals surface area contributed by atoms with E-state index in [4.69, 9.17) is 0 Å². The molecule has 2 aliphatic rings. The van der Waals surface area contributed by atoms with Gasteiger partial charge in [-0.15, -0.1) is 0 Å². The van der Waals surface area contributed by atoms with Crippen molar-refractivity contribution < 1.29 is 0 Å². The van der Waals surface area contributed by atoms with Gasteiger partial charge in [0.1, 0.15) is 0 Å². The number of hydrogen-bond donors (Lipinski definition) is 2. The first-order valence-corrected chi connectivity index (χ1v) is 5.37. The molecule has 1 saturated heterocycles. The third-order valence-corrected chi connectivity index (χ3v) is 3.43. The summed E-state index contributed by atoms with van der Waals surface area (Å²) in [7, 11) is 0. The van der Waals surface area contributed by atoms with E-state index in [1.54, 1.807) is 4.68 Å². The highest BCUT2D eigenvalue weighted by atomic mass is 16.1. The molecule has 1 fully saturated rings. The maximum absolute atomic E-state index is 11.9. The van der Waals surface area contributed by atoms with Gasteiger partial charge in [0.15, 0.2) is 0 Å². The fraction of sp³-hybridized carbons (Fsp3) is 0.700. The van der Waals surface area contributed by atoms with Crippen LogP contribution in [0, 0.1) is 0 Å². The van der Waals surface area contributed by atoms with E-state index in [0.29, 0.717) is 12.1 Å². The number of aryl methyl sites for hydroxylation is 1. The van der Waals surface area contributed by atoms with Crippen LogP contribution in [0.1, 0.15) is 37.1 Å². The number of nitrogens with one attached hydrogen (secondary N) is 2. The standard InChI is InChI=1S/C10H15N3O/c1-2-13-10(14)9-7-4-3-6(11-7)5-8(9)12-13/h6-7,11-12H,2-5H2,1H3. The van der Waals surface area contributed by atoms with Crippen molar-refractivity contribution in [2.45, 2.75) is 44.8 Å². The first kappa shape index (κ1) is 8.29. The molecule has 4 heteroatoms. The fourth-order valence-electron chi connectivity index (χ4n) is 2.74. The smallest absolute Gasteiger partial charge is 0.271 e. The number of fused-ring (bicyclic) bond motifs is 4. The molecule has 0 aromatic carbocycles. The van der Waals surface area contributed by atoms with Gasteiger partial charge in [0.05, 0.1) is 5.56 Å². The van der Waals surface area contributed by atoms with Crippen LogP contribution in [-0.2, 0) is 13.0 Å². The Morgan fingerprint density at radius 2 is 2.36 bits per heavy atom. The molecule has 3 heterocycles. The zero-order valence-electron chi connectivity index (χ0n) is 8.34. The third-order valence-electron chi connectivity index (χ3n) is 3.43. The molecule has 2 atom stereocenters. The van der Waals surface area contributed by atoms with Crippen LogP contribution in [0.2, 0.25) is 0 Å². The predicted molar refractivity (Wildman–Crippen MR) is 53.3 cm³/mol. The molecule has 4 nitrogen and oxygen atoms in total. The molecule has 1 aromatic heterocycles. The van der Waals surface area contributed by atoms with Crippen LogP contribution in [0.25, 0.3) is 0 Å². The number of aromatic amines is 1. The molecule has 0 radical (unpaired) electrons. The number of hydrogen-bond acceptors (Lipinski definition) is 2. The van der Waals surface area contributed by atoms with Gasteiger partial charge in [-0.2, -0.15) is 0 Å². The van der Waals surface area contributed by atoms with E-state index in [2.05, 4.69) is 10.4 Å². The molecule has 2 unspecified atom stereocenters. The molecule has 0 saturated carbocycles. The molecule has 3 rings (SSSR count). The van der Waals surface area contributed by atoms with Crippen molar-refractivity contribution in [2.24, 2.45) is 0 Å². The van der Waals surface area contributed by atoms with Gasteiger partial charge in [0.25, 0.3) is 5.56 Å². The highest BCUT2D eigenvalue weighted by molar-refractivity contribution is 5.28. The van der Waals surface area contributed by atoms with Crippen molar-refractivity contribution in [3.8, 4) is 0 Å². The van der Waals surface area contributed by atoms with Gasteiger partial charge < -0.3 is 5.32 Å². The molecule has 2 aliphatic heterocycles. The number of rotatable bonds is 1. The third kappa shape index (κ3) is 0.945. The zero-order valence-corrected chi connectivity index (χ0v) is 8.34. The normalized spacial score (nSPS) is 29.2. The second-order valence-electron chi connectivity index (χ2n) is 4.25. The molecule has 0 aliphatic carbocycles. The largest absolute Gasteiger partial charge is 0.307 e. The highest BCUT2D eigenvalue weighted by Gasteiger charge is 2.35. The first-order valence-electron chi connectivity index (χ1n) is 5.37. The molecule has 0 amide bonds. The molecule has 0 spiro atoms. The summed E-state index contributed by atoms with van der Waals surface area (Å²) in [6, 6.07) is 0.913. The number of H-pyrrole nitrogens is 1. The average molecular weight is 193 g/mol. The van der Waals surface area contributed by atoms with Crippen molar-refractivity contribution >= 4 is 0 Å². The summed E-state index contributed by atoms with van der Waals surface area (Å²) in [5.41, 5.74) is 2.35. The van der Waals surface area contributed by atoms with Crippen molar-refractivity contribution in [1.82, 2.24) is 15.1 Å². The van der Waals surface area contributed by atoms with E-state index < -0.39 is 0 Å². The Kier molecular flexibility index (Phi) is 1.62. The maximum atomic E-state index is 11.9. The van der Waals surface area contributed by atoms with Crippen LogP contribution >= 0.6 is 0 Å². The zero-order chi connectivity index (χ0) is 9.71. The predicted octanol–water partition coefficient (Wildman–Crippen LogP) is 0.545. The summed E-state index contributed by atoms with van der Waals surface area (Å²) in [4.78, 5) is 11.9. The molecule has 1 aromatic rings. The summed E-state index contributed by atoms with van der Waals surface area (Å²) in [5, 5.41) is 6.71. The van der Waals surface area contributed by atoms with Crippen molar-refractivity contribution in [3.05, 3.63) is 21.6 Å². The van der Waals surface area contributed by atoms with Crippen LogP contribution in [0.5, 0.6) is 0 Å². The number of nitrogens with zero attached hydrogens (tertiary/aromatic N) is 1. The van der Waals surface area contributed by atoms with Crippen LogP contribution < -0.4 is 10.9 Å². The van der Waals surface area contributed by atoms with Crippen LogP contribution in [-0.4, -0.2) is 15.8 Å². The van der Waals surface area contributed by atoms with Crippen LogP contribution in [0.3, 0.4) is 0 Å². The minimum absolute atomic E-state index is 0.181. The van der Waals surface area contributed by atoms with Gasteiger partial charge in [-0.05, 0) is 19.8 Å². The highest BCUT2D eigenvalue weighted by Crippen LogP contribution is 2.32. The summed E-state index contributed by atoms with van der Waals surface area (Å²) < 4.78 is 1.72. The van der Waals surface area contributed by atoms with Gasteiger partial charge >= 0.3 is 0 Å². The van der Waals surface area contributed by atoms with Crippen molar-refractivity contribution in [3.63, 3.8) is 0 Å².